The molecular formula is C21H25BClFN4O4. The molecule has 170 valence electrons. The van der Waals surface area contributed by atoms with Crippen LogP contribution >= 0.6 is 11.6 Å². The SMILES string of the molecule is NC(CCl)=NCCC[C@H](NC(=O)c1ccc(F)c(B(O)O)c1)C(=O)NCc1ccccc1. The molecule has 0 spiro atoms. The molecule has 2 aromatic carbocycles. The number of alkyl halides is 1. The highest BCUT2D eigenvalue weighted by Crippen LogP contribution is 2.06. The minimum absolute atomic E-state index is 0.0141. The van der Waals surface area contributed by atoms with Crippen LogP contribution < -0.4 is 21.8 Å². The van der Waals surface area contributed by atoms with Crippen molar-refractivity contribution in [3.63, 3.8) is 0 Å². The lowest BCUT2D eigenvalue weighted by atomic mass is 9.79. The number of benzene rings is 2. The van der Waals surface area contributed by atoms with Gasteiger partial charge in [-0.15, -0.1) is 11.6 Å². The smallest absolute Gasteiger partial charge is 0.423 e. The molecule has 0 saturated carbocycles. The third kappa shape index (κ3) is 7.95. The van der Waals surface area contributed by atoms with E-state index in [1.807, 2.05) is 30.3 Å². The molecular weight excluding hydrogens is 438 g/mol. The molecule has 0 aliphatic carbocycles. The molecule has 0 heterocycles. The number of nitrogens with zero attached hydrogens (tertiary/aromatic N) is 1. The van der Waals surface area contributed by atoms with Crippen molar-refractivity contribution in [1.29, 1.82) is 0 Å². The average molecular weight is 463 g/mol. The van der Waals surface area contributed by atoms with E-state index in [1.54, 1.807) is 0 Å². The molecule has 0 radical (unpaired) electrons. The summed E-state index contributed by atoms with van der Waals surface area (Å²) >= 11 is 5.59. The number of nitrogens with one attached hydrogen (secondary N) is 2. The lowest BCUT2D eigenvalue weighted by Crippen LogP contribution is -2.47. The van der Waals surface area contributed by atoms with E-state index in [4.69, 9.17) is 17.3 Å². The molecule has 0 bridgehead atoms. The molecule has 2 aromatic rings. The summed E-state index contributed by atoms with van der Waals surface area (Å²) in [6.07, 6.45) is 0.716. The number of hydrogen-bond donors (Lipinski definition) is 5. The van der Waals surface area contributed by atoms with Crippen LogP contribution in [0.25, 0.3) is 0 Å². The maximum absolute atomic E-state index is 13.7. The van der Waals surface area contributed by atoms with Crippen LogP contribution in [-0.4, -0.2) is 53.3 Å². The van der Waals surface area contributed by atoms with Gasteiger partial charge in [0.2, 0.25) is 5.91 Å². The van der Waals surface area contributed by atoms with Crippen LogP contribution in [0, 0.1) is 5.82 Å². The number of carbonyl (C=O) groups excluding carboxylic acids is 2. The van der Waals surface area contributed by atoms with Gasteiger partial charge in [0.25, 0.3) is 5.91 Å². The predicted octanol–water partition coefficient (Wildman–Crippen LogP) is 0.297. The number of nitrogens with two attached hydrogens (primary N) is 1. The molecule has 0 aromatic heterocycles. The predicted molar refractivity (Wildman–Crippen MR) is 122 cm³/mol. The van der Waals surface area contributed by atoms with Crippen molar-refractivity contribution < 1.29 is 24.0 Å². The highest BCUT2D eigenvalue weighted by atomic mass is 35.5. The Morgan fingerprint density at radius 2 is 1.91 bits per heavy atom. The van der Waals surface area contributed by atoms with Gasteiger partial charge in [-0.05, 0) is 36.6 Å². The minimum Gasteiger partial charge on any atom is -0.423 e. The van der Waals surface area contributed by atoms with Crippen molar-refractivity contribution >= 4 is 41.8 Å². The monoisotopic (exact) mass is 462 g/mol. The Kier molecular flexibility index (Phi) is 10.1. The van der Waals surface area contributed by atoms with Crippen LogP contribution in [0.3, 0.4) is 0 Å². The summed E-state index contributed by atoms with van der Waals surface area (Å²) in [6, 6.07) is 11.6. The Morgan fingerprint density at radius 1 is 1.19 bits per heavy atom. The number of carbonyl (C=O) groups is 2. The number of halogens is 2. The zero-order valence-electron chi connectivity index (χ0n) is 17.3. The van der Waals surface area contributed by atoms with E-state index >= 15 is 0 Å². The third-order valence-electron chi connectivity index (χ3n) is 4.57. The number of rotatable bonds is 11. The highest BCUT2D eigenvalue weighted by Gasteiger charge is 2.23. The van der Waals surface area contributed by atoms with E-state index in [0.717, 1.165) is 17.7 Å². The first-order valence-corrected chi connectivity index (χ1v) is 10.5. The Bertz CT molecular complexity index is 947. The molecule has 0 aliphatic rings. The van der Waals surface area contributed by atoms with Gasteiger partial charge in [-0.1, -0.05) is 30.3 Å². The quantitative estimate of drug-likeness (QED) is 0.107. The fourth-order valence-electron chi connectivity index (χ4n) is 2.86. The second-order valence-corrected chi connectivity index (χ2v) is 7.26. The van der Waals surface area contributed by atoms with Crippen molar-refractivity contribution in [2.75, 3.05) is 12.4 Å². The van der Waals surface area contributed by atoms with Crippen LogP contribution in [0.1, 0.15) is 28.8 Å². The summed E-state index contributed by atoms with van der Waals surface area (Å²) in [5, 5.41) is 23.9. The first kappa shape index (κ1) is 25.3. The van der Waals surface area contributed by atoms with E-state index in [2.05, 4.69) is 15.6 Å². The van der Waals surface area contributed by atoms with Crippen molar-refractivity contribution in [1.82, 2.24) is 10.6 Å². The lowest BCUT2D eigenvalue weighted by Gasteiger charge is -2.19. The molecule has 1 atom stereocenters. The summed E-state index contributed by atoms with van der Waals surface area (Å²) in [5.74, 6) is -1.54. The van der Waals surface area contributed by atoms with Crippen molar-refractivity contribution in [2.45, 2.75) is 25.4 Å². The molecule has 8 nitrogen and oxygen atoms in total. The van der Waals surface area contributed by atoms with Gasteiger partial charge < -0.3 is 26.4 Å². The Labute approximate surface area is 190 Å². The molecule has 0 unspecified atom stereocenters. The van der Waals surface area contributed by atoms with E-state index in [9.17, 15) is 24.0 Å². The molecule has 6 N–H and O–H groups in total. The summed E-state index contributed by atoms with van der Waals surface area (Å²) < 4.78 is 13.7. The van der Waals surface area contributed by atoms with Crippen LogP contribution in [0.4, 0.5) is 4.39 Å². The first-order valence-electron chi connectivity index (χ1n) is 9.94. The topological polar surface area (TPSA) is 137 Å². The van der Waals surface area contributed by atoms with Gasteiger partial charge in [-0.25, -0.2) is 4.39 Å². The number of amidine groups is 1. The van der Waals surface area contributed by atoms with Gasteiger partial charge >= 0.3 is 7.12 Å². The molecule has 2 amide bonds. The fraction of sp³-hybridized carbons (Fsp3) is 0.286. The molecule has 0 aliphatic heterocycles. The maximum Gasteiger partial charge on any atom is 0.491 e. The lowest BCUT2D eigenvalue weighted by molar-refractivity contribution is -0.123. The van der Waals surface area contributed by atoms with E-state index in [-0.39, 0.29) is 30.2 Å². The summed E-state index contributed by atoms with van der Waals surface area (Å²) in [5.41, 5.74) is 6.01. The largest absolute Gasteiger partial charge is 0.491 e. The zero-order valence-corrected chi connectivity index (χ0v) is 18.1. The second kappa shape index (κ2) is 12.8. The van der Waals surface area contributed by atoms with Gasteiger partial charge in [0, 0.05) is 24.1 Å². The zero-order chi connectivity index (χ0) is 23.5. The fourth-order valence-corrected chi connectivity index (χ4v) is 2.95. The number of hydrogen-bond acceptors (Lipinski definition) is 5. The second-order valence-electron chi connectivity index (χ2n) is 6.99. The summed E-state index contributed by atoms with van der Waals surface area (Å²) in [6.45, 7) is 0.606. The van der Waals surface area contributed by atoms with Crippen molar-refractivity contribution in [3.8, 4) is 0 Å². The van der Waals surface area contributed by atoms with Crippen LogP contribution in [0.15, 0.2) is 53.5 Å². The van der Waals surface area contributed by atoms with Gasteiger partial charge in [-0.3, -0.25) is 14.6 Å². The third-order valence-corrected chi connectivity index (χ3v) is 4.84. The Morgan fingerprint density at radius 3 is 2.56 bits per heavy atom. The van der Waals surface area contributed by atoms with E-state index in [0.29, 0.717) is 13.0 Å². The van der Waals surface area contributed by atoms with Crippen LogP contribution in [-0.2, 0) is 11.3 Å². The minimum atomic E-state index is -2.07. The van der Waals surface area contributed by atoms with Crippen molar-refractivity contribution in [3.05, 3.63) is 65.5 Å². The van der Waals surface area contributed by atoms with Crippen molar-refractivity contribution in [2.24, 2.45) is 10.7 Å². The van der Waals surface area contributed by atoms with Gasteiger partial charge in [-0.2, -0.15) is 0 Å². The normalized spacial score (nSPS) is 12.2. The summed E-state index contributed by atoms with van der Waals surface area (Å²) in [4.78, 5) is 29.5. The highest BCUT2D eigenvalue weighted by molar-refractivity contribution is 6.58. The Balaban J connectivity index is 2.09. The van der Waals surface area contributed by atoms with E-state index in [1.165, 1.54) is 6.07 Å². The number of aliphatic imine (C=N–C) groups is 1. The number of amides is 2. The van der Waals surface area contributed by atoms with Crippen LogP contribution in [0.5, 0.6) is 0 Å². The molecule has 32 heavy (non-hydrogen) atoms. The molecule has 11 heteroatoms. The summed E-state index contributed by atoms with van der Waals surface area (Å²) in [7, 11) is -2.07. The molecule has 0 fully saturated rings. The standard InChI is InChI=1S/C21H25BClFN4O4/c23-12-19(25)26-10-4-7-18(21(30)27-13-14-5-2-1-3-6-14)28-20(29)15-8-9-17(24)16(11-15)22(31)32/h1-3,5-6,8-9,11,18,31-32H,4,7,10,12-13H2,(H2,25,26)(H,27,30)(H,28,29)/t18-/m0/s1. The maximum atomic E-state index is 13.7. The van der Waals surface area contributed by atoms with Gasteiger partial charge in [0.1, 0.15) is 17.7 Å². The van der Waals surface area contributed by atoms with E-state index < -0.39 is 36.3 Å². The first-order chi connectivity index (χ1) is 15.3. The molecule has 2 rings (SSSR count). The van der Waals surface area contributed by atoms with Gasteiger partial charge in [0.15, 0.2) is 0 Å². The molecule has 0 saturated heterocycles. The Hall–Kier alpha value is -2.95. The average Bonchev–Trinajstić information content (AvgIpc) is 2.79. The van der Waals surface area contributed by atoms with Crippen LogP contribution in [0.2, 0.25) is 0 Å². The van der Waals surface area contributed by atoms with Gasteiger partial charge in [0.05, 0.1) is 5.88 Å².